The molecule has 1 fully saturated rings. The molecule has 8 heavy (non-hydrogen) atoms. The van der Waals surface area contributed by atoms with Gasteiger partial charge in [-0.3, -0.25) is 0 Å². The summed E-state index contributed by atoms with van der Waals surface area (Å²) in [6.07, 6.45) is 0.863. The highest BCUT2D eigenvalue weighted by Gasteiger charge is 2.56. The molecule has 1 rings (SSSR count). The number of carbonyl (C=O) groups is 1. The summed E-state index contributed by atoms with van der Waals surface area (Å²) < 4.78 is 0. The van der Waals surface area contributed by atoms with Gasteiger partial charge in [0.15, 0.2) is 0 Å². The zero-order chi connectivity index (χ0) is 6.36. The molecule has 1 aliphatic carbocycles. The summed E-state index contributed by atoms with van der Waals surface area (Å²) in [5.41, 5.74) is 5.09. The number of nitrogens with two attached hydrogens (primary N) is 1. The van der Waals surface area contributed by atoms with Crippen molar-refractivity contribution < 1.29 is 4.79 Å². The highest BCUT2D eigenvalue weighted by molar-refractivity contribution is 5.70. The Bertz CT molecular complexity index is 114. The third-order valence-corrected chi connectivity index (χ3v) is 2.42. The van der Waals surface area contributed by atoms with Gasteiger partial charge in [-0.25, -0.2) is 0 Å². The molecule has 0 heterocycles. The maximum Gasteiger partial charge on any atom is 0.140 e. The average molecular weight is 113 g/mol. The van der Waals surface area contributed by atoms with Crippen molar-refractivity contribution in [3.05, 3.63) is 0 Å². The molecule has 2 N–H and O–H groups in total. The Balaban J connectivity index is 2.63. The van der Waals surface area contributed by atoms with Gasteiger partial charge in [-0.05, 0) is 11.8 Å². The van der Waals surface area contributed by atoms with Gasteiger partial charge in [0.1, 0.15) is 6.29 Å². The van der Waals surface area contributed by atoms with E-state index in [0.29, 0.717) is 11.8 Å². The molecule has 3 atom stereocenters. The van der Waals surface area contributed by atoms with Crippen molar-refractivity contribution in [2.75, 3.05) is 0 Å². The van der Waals surface area contributed by atoms with E-state index in [0.717, 1.165) is 6.29 Å². The maximum atomic E-state index is 10.2. The lowest BCUT2D eigenvalue weighted by Gasteiger charge is -1.94. The second-order valence-electron chi connectivity index (χ2n) is 2.70. The Morgan fingerprint density at radius 2 is 1.88 bits per heavy atom. The largest absolute Gasteiger partial charge is 0.319 e. The third kappa shape index (κ3) is 0.436. The molecule has 1 aliphatic rings. The minimum Gasteiger partial charge on any atom is -0.319 e. The van der Waals surface area contributed by atoms with Crippen LogP contribution >= 0.6 is 0 Å². The lowest BCUT2D eigenvalue weighted by Crippen LogP contribution is -2.27. The molecule has 2 unspecified atom stereocenters. The molecule has 0 aromatic heterocycles. The summed E-state index contributed by atoms with van der Waals surface area (Å²) in [5.74, 6) is 0.778. The first kappa shape index (κ1) is 5.76. The molecule has 1 saturated carbocycles. The smallest absolute Gasteiger partial charge is 0.140 e. The quantitative estimate of drug-likeness (QED) is 0.492. The van der Waals surface area contributed by atoms with E-state index in [1.807, 2.05) is 13.8 Å². The first-order chi connectivity index (χ1) is 3.63. The van der Waals surface area contributed by atoms with E-state index in [1.54, 1.807) is 0 Å². The van der Waals surface area contributed by atoms with E-state index in [-0.39, 0.29) is 0 Å². The molecule has 0 saturated heterocycles. The van der Waals surface area contributed by atoms with Crippen molar-refractivity contribution >= 4 is 6.29 Å². The average Bonchev–Trinajstić information content (AvgIpc) is 2.22. The fourth-order valence-electron chi connectivity index (χ4n) is 1.05. The summed E-state index contributed by atoms with van der Waals surface area (Å²) >= 11 is 0. The van der Waals surface area contributed by atoms with Crippen molar-refractivity contribution in [2.24, 2.45) is 17.6 Å². The van der Waals surface area contributed by atoms with Crippen molar-refractivity contribution in [2.45, 2.75) is 19.4 Å². The van der Waals surface area contributed by atoms with Crippen molar-refractivity contribution in [3.8, 4) is 0 Å². The normalized spacial score (nSPS) is 53.4. The van der Waals surface area contributed by atoms with Gasteiger partial charge in [0.2, 0.25) is 0 Å². The topological polar surface area (TPSA) is 43.1 Å². The van der Waals surface area contributed by atoms with Crippen LogP contribution in [0.1, 0.15) is 13.8 Å². The van der Waals surface area contributed by atoms with Gasteiger partial charge in [0, 0.05) is 0 Å². The second kappa shape index (κ2) is 1.32. The van der Waals surface area contributed by atoms with Gasteiger partial charge in [0.05, 0.1) is 5.54 Å². The zero-order valence-electron chi connectivity index (χ0n) is 5.22. The van der Waals surface area contributed by atoms with E-state index < -0.39 is 5.54 Å². The van der Waals surface area contributed by atoms with E-state index in [4.69, 9.17) is 5.73 Å². The maximum absolute atomic E-state index is 10.2. The van der Waals surface area contributed by atoms with Crippen LogP contribution in [0.25, 0.3) is 0 Å². The van der Waals surface area contributed by atoms with Gasteiger partial charge in [-0.1, -0.05) is 13.8 Å². The molecule has 2 nitrogen and oxygen atoms in total. The minimum atomic E-state index is -0.472. The molecule has 0 spiro atoms. The highest BCUT2D eigenvalue weighted by atomic mass is 16.1. The molecule has 2 heteroatoms. The minimum absolute atomic E-state index is 0.389. The highest BCUT2D eigenvalue weighted by Crippen LogP contribution is 2.45. The van der Waals surface area contributed by atoms with Gasteiger partial charge in [-0.2, -0.15) is 0 Å². The lowest BCUT2D eigenvalue weighted by atomic mass is 10.2. The number of hydrogen-bond donors (Lipinski definition) is 1. The summed E-state index contributed by atoms with van der Waals surface area (Å²) in [6, 6.07) is 0. The van der Waals surface area contributed by atoms with Gasteiger partial charge in [-0.15, -0.1) is 0 Å². The van der Waals surface area contributed by atoms with Gasteiger partial charge < -0.3 is 10.5 Å². The molecule has 0 aliphatic heterocycles. The van der Waals surface area contributed by atoms with Crippen LogP contribution in [-0.4, -0.2) is 11.8 Å². The molecule has 0 radical (unpaired) electrons. The third-order valence-electron chi connectivity index (χ3n) is 2.42. The second-order valence-corrected chi connectivity index (χ2v) is 2.70. The SMILES string of the molecule is CC1[C@H](C)C1(N)C=O. The van der Waals surface area contributed by atoms with Crippen molar-refractivity contribution in [1.29, 1.82) is 0 Å². The Morgan fingerprint density at radius 1 is 1.50 bits per heavy atom. The van der Waals surface area contributed by atoms with Gasteiger partial charge >= 0.3 is 0 Å². The van der Waals surface area contributed by atoms with Crippen LogP contribution in [0.15, 0.2) is 0 Å². The molecule has 0 bridgehead atoms. The number of rotatable bonds is 1. The monoisotopic (exact) mass is 113 g/mol. The van der Waals surface area contributed by atoms with Gasteiger partial charge in [0.25, 0.3) is 0 Å². The molecule has 0 aromatic carbocycles. The number of aldehydes is 1. The van der Waals surface area contributed by atoms with Crippen LogP contribution in [0.4, 0.5) is 0 Å². The van der Waals surface area contributed by atoms with Crippen LogP contribution in [0, 0.1) is 11.8 Å². The molecular weight excluding hydrogens is 102 g/mol. The van der Waals surface area contributed by atoms with Crippen LogP contribution in [0.5, 0.6) is 0 Å². The van der Waals surface area contributed by atoms with Crippen LogP contribution in [0.2, 0.25) is 0 Å². The van der Waals surface area contributed by atoms with Crippen LogP contribution in [0.3, 0.4) is 0 Å². The van der Waals surface area contributed by atoms with E-state index in [9.17, 15) is 4.79 Å². The van der Waals surface area contributed by atoms with Crippen LogP contribution in [-0.2, 0) is 4.79 Å². The Labute approximate surface area is 49.1 Å². The van der Waals surface area contributed by atoms with E-state index >= 15 is 0 Å². The number of hydrogen-bond acceptors (Lipinski definition) is 2. The van der Waals surface area contributed by atoms with Crippen molar-refractivity contribution in [1.82, 2.24) is 0 Å². The fraction of sp³-hybridized carbons (Fsp3) is 0.833. The molecule has 0 amide bonds. The molecule has 46 valence electrons. The number of carbonyl (C=O) groups excluding carboxylic acids is 1. The summed E-state index contributed by atoms with van der Waals surface area (Å²) in [4.78, 5) is 10.2. The van der Waals surface area contributed by atoms with E-state index in [2.05, 4.69) is 0 Å². The van der Waals surface area contributed by atoms with Crippen molar-refractivity contribution in [3.63, 3.8) is 0 Å². The molecule has 0 aromatic rings. The predicted molar refractivity (Wildman–Crippen MR) is 31.3 cm³/mol. The Morgan fingerprint density at radius 3 is 1.88 bits per heavy atom. The van der Waals surface area contributed by atoms with E-state index in [1.165, 1.54) is 0 Å². The first-order valence-corrected chi connectivity index (χ1v) is 2.88. The summed E-state index contributed by atoms with van der Waals surface area (Å²) in [7, 11) is 0. The summed E-state index contributed by atoms with van der Waals surface area (Å²) in [6.45, 7) is 4.00. The Kier molecular flexibility index (Phi) is 0.949. The lowest BCUT2D eigenvalue weighted by molar-refractivity contribution is -0.110. The Hall–Kier alpha value is -0.370. The van der Waals surface area contributed by atoms with Crippen LogP contribution < -0.4 is 5.73 Å². The fourth-order valence-corrected chi connectivity index (χ4v) is 1.05. The first-order valence-electron chi connectivity index (χ1n) is 2.88. The molecular formula is C6H11NO. The zero-order valence-corrected chi connectivity index (χ0v) is 5.22. The standard InChI is InChI=1S/C6H11NO/c1-4-5(2)6(4,7)3-8/h3-5H,7H2,1-2H3/t4-,5?,6?/m0/s1. The predicted octanol–water partition coefficient (Wildman–Crippen LogP) is 0.169. The summed E-state index contributed by atoms with van der Waals surface area (Å²) in [5, 5.41) is 0.